The number of fused-ring (bicyclic) bond motifs is 1. The predicted molar refractivity (Wildman–Crippen MR) is 83.3 cm³/mol. The number of amides is 1. The lowest BCUT2D eigenvalue weighted by Gasteiger charge is -2.10. The Morgan fingerprint density at radius 1 is 1.04 bits per heavy atom. The van der Waals surface area contributed by atoms with Crippen molar-refractivity contribution in [1.29, 1.82) is 0 Å². The summed E-state index contributed by atoms with van der Waals surface area (Å²) in [7, 11) is 3.16. The molecule has 1 aliphatic rings. The molecule has 0 spiro atoms. The van der Waals surface area contributed by atoms with E-state index in [1.807, 2.05) is 12.1 Å². The third kappa shape index (κ3) is 3.15. The Morgan fingerprint density at radius 3 is 2.61 bits per heavy atom. The molecule has 6 heteroatoms. The number of nitrogens with one attached hydrogen (secondary N) is 1. The van der Waals surface area contributed by atoms with E-state index in [2.05, 4.69) is 5.32 Å². The molecule has 23 heavy (non-hydrogen) atoms. The molecule has 1 amide bonds. The van der Waals surface area contributed by atoms with Crippen molar-refractivity contribution in [3.05, 3.63) is 47.5 Å². The zero-order valence-electron chi connectivity index (χ0n) is 12.9. The molecule has 2 aromatic carbocycles. The Balaban J connectivity index is 1.67. The van der Waals surface area contributed by atoms with E-state index in [-0.39, 0.29) is 12.7 Å². The molecule has 0 bridgehead atoms. The Labute approximate surface area is 133 Å². The molecular formula is C17H17NO5. The summed E-state index contributed by atoms with van der Waals surface area (Å²) in [5.41, 5.74) is 1.44. The van der Waals surface area contributed by atoms with Crippen LogP contribution in [0.5, 0.6) is 23.0 Å². The molecule has 1 aliphatic heterocycles. The minimum atomic E-state index is -0.182. The van der Waals surface area contributed by atoms with Gasteiger partial charge in [-0.15, -0.1) is 0 Å². The van der Waals surface area contributed by atoms with Crippen LogP contribution >= 0.6 is 0 Å². The number of benzene rings is 2. The molecule has 120 valence electrons. The van der Waals surface area contributed by atoms with Gasteiger partial charge in [0.25, 0.3) is 5.91 Å². The minimum absolute atomic E-state index is 0.182. The second-order valence-electron chi connectivity index (χ2n) is 4.94. The molecule has 0 radical (unpaired) electrons. The van der Waals surface area contributed by atoms with E-state index in [0.29, 0.717) is 35.1 Å². The topological polar surface area (TPSA) is 66.0 Å². The Morgan fingerprint density at radius 2 is 1.83 bits per heavy atom. The van der Waals surface area contributed by atoms with Crippen molar-refractivity contribution in [1.82, 2.24) is 5.32 Å². The van der Waals surface area contributed by atoms with Gasteiger partial charge in [-0.1, -0.05) is 6.07 Å². The molecule has 0 aliphatic carbocycles. The van der Waals surface area contributed by atoms with E-state index in [0.717, 1.165) is 5.56 Å². The normalized spacial score (nSPS) is 11.9. The maximum absolute atomic E-state index is 12.2. The minimum Gasteiger partial charge on any atom is -0.493 e. The van der Waals surface area contributed by atoms with Crippen LogP contribution in [0, 0.1) is 0 Å². The quantitative estimate of drug-likeness (QED) is 0.917. The molecule has 0 saturated heterocycles. The predicted octanol–water partition coefficient (Wildman–Crippen LogP) is 2.36. The van der Waals surface area contributed by atoms with Crippen LogP contribution < -0.4 is 24.3 Å². The summed E-state index contributed by atoms with van der Waals surface area (Å²) in [6.45, 7) is 0.569. The fraction of sp³-hybridized carbons (Fsp3) is 0.235. The van der Waals surface area contributed by atoms with Gasteiger partial charge in [0.1, 0.15) is 0 Å². The van der Waals surface area contributed by atoms with Crippen molar-refractivity contribution < 1.29 is 23.7 Å². The highest BCUT2D eigenvalue weighted by atomic mass is 16.7. The van der Waals surface area contributed by atoms with Crippen molar-refractivity contribution in [2.24, 2.45) is 0 Å². The number of ether oxygens (including phenoxy) is 4. The third-order valence-corrected chi connectivity index (χ3v) is 3.54. The van der Waals surface area contributed by atoms with Gasteiger partial charge in [-0.2, -0.15) is 0 Å². The molecule has 0 aromatic heterocycles. The van der Waals surface area contributed by atoms with Crippen LogP contribution in [0.25, 0.3) is 0 Å². The summed E-state index contributed by atoms with van der Waals surface area (Å²) < 4.78 is 20.9. The molecule has 0 fully saturated rings. The molecular weight excluding hydrogens is 298 g/mol. The molecule has 2 aromatic rings. The summed E-state index contributed by atoms with van der Waals surface area (Å²) in [5, 5.41) is 2.86. The summed E-state index contributed by atoms with van der Waals surface area (Å²) in [6, 6.07) is 10.6. The first-order chi connectivity index (χ1) is 11.2. The third-order valence-electron chi connectivity index (χ3n) is 3.54. The van der Waals surface area contributed by atoms with Crippen molar-refractivity contribution in [3.63, 3.8) is 0 Å². The average Bonchev–Trinajstić information content (AvgIpc) is 3.06. The van der Waals surface area contributed by atoms with E-state index in [1.54, 1.807) is 38.5 Å². The van der Waals surface area contributed by atoms with Crippen molar-refractivity contribution in [2.45, 2.75) is 6.54 Å². The van der Waals surface area contributed by atoms with Crippen molar-refractivity contribution >= 4 is 5.91 Å². The van der Waals surface area contributed by atoms with Crippen molar-refractivity contribution in [3.8, 4) is 23.0 Å². The number of carbonyl (C=O) groups excluding carboxylic acids is 1. The van der Waals surface area contributed by atoms with Crippen LogP contribution in [0.3, 0.4) is 0 Å². The smallest absolute Gasteiger partial charge is 0.251 e. The lowest BCUT2D eigenvalue weighted by molar-refractivity contribution is 0.0950. The number of hydrogen-bond donors (Lipinski definition) is 1. The second kappa shape index (κ2) is 6.48. The Hall–Kier alpha value is -2.89. The highest BCUT2D eigenvalue weighted by Crippen LogP contribution is 2.32. The molecule has 1 N–H and O–H groups in total. The largest absolute Gasteiger partial charge is 0.493 e. The van der Waals surface area contributed by atoms with Crippen LogP contribution in [0.4, 0.5) is 0 Å². The number of methoxy groups -OCH3 is 2. The van der Waals surface area contributed by atoms with Crippen LogP contribution in [-0.2, 0) is 6.54 Å². The summed E-state index contributed by atoms with van der Waals surface area (Å²) in [6.07, 6.45) is 0. The highest BCUT2D eigenvalue weighted by molar-refractivity contribution is 5.94. The lowest BCUT2D eigenvalue weighted by atomic mass is 10.1. The molecule has 1 heterocycles. The fourth-order valence-electron chi connectivity index (χ4n) is 2.31. The van der Waals surface area contributed by atoms with Gasteiger partial charge in [0.2, 0.25) is 6.79 Å². The first-order valence-electron chi connectivity index (χ1n) is 7.10. The summed E-state index contributed by atoms with van der Waals surface area (Å²) in [4.78, 5) is 12.2. The second-order valence-corrected chi connectivity index (χ2v) is 4.94. The van der Waals surface area contributed by atoms with Crippen LogP contribution in [-0.4, -0.2) is 26.9 Å². The number of hydrogen-bond acceptors (Lipinski definition) is 5. The van der Waals surface area contributed by atoms with Crippen LogP contribution in [0.2, 0.25) is 0 Å². The SMILES string of the molecule is COc1ccc(CNC(=O)c2ccc3c(c2)OCO3)cc1OC. The van der Waals surface area contributed by atoms with E-state index >= 15 is 0 Å². The van der Waals surface area contributed by atoms with Gasteiger partial charge in [0, 0.05) is 12.1 Å². The molecule has 0 unspecified atom stereocenters. The van der Waals surface area contributed by atoms with E-state index in [9.17, 15) is 4.79 Å². The first-order valence-corrected chi connectivity index (χ1v) is 7.10. The number of carbonyl (C=O) groups is 1. The maximum Gasteiger partial charge on any atom is 0.251 e. The molecule has 6 nitrogen and oxygen atoms in total. The molecule has 3 rings (SSSR count). The van der Waals surface area contributed by atoms with Gasteiger partial charge < -0.3 is 24.3 Å². The van der Waals surface area contributed by atoms with Gasteiger partial charge >= 0.3 is 0 Å². The summed E-state index contributed by atoms with van der Waals surface area (Å²) >= 11 is 0. The van der Waals surface area contributed by atoms with Gasteiger partial charge in [-0.05, 0) is 35.9 Å². The van der Waals surface area contributed by atoms with Gasteiger partial charge in [-0.25, -0.2) is 0 Å². The van der Waals surface area contributed by atoms with Crippen LogP contribution in [0.15, 0.2) is 36.4 Å². The van der Waals surface area contributed by atoms with Crippen molar-refractivity contribution in [2.75, 3.05) is 21.0 Å². The zero-order valence-corrected chi connectivity index (χ0v) is 12.9. The van der Waals surface area contributed by atoms with E-state index < -0.39 is 0 Å². The average molecular weight is 315 g/mol. The maximum atomic E-state index is 12.2. The number of rotatable bonds is 5. The molecule has 0 atom stereocenters. The highest BCUT2D eigenvalue weighted by Gasteiger charge is 2.16. The standard InChI is InChI=1S/C17H17NO5/c1-20-13-5-3-11(7-15(13)21-2)9-18-17(19)12-4-6-14-16(8-12)23-10-22-14/h3-8H,9-10H2,1-2H3,(H,18,19). The lowest BCUT2D eigenvalue weighted by Crippen LogP contribution is -2.22. The van der Waals surface area contributed by atoms with E-state index in [1.165, 1.54) is 0 Å². The fourth-order valence-corrected chi connectivity index (χ4v) is 2.31. The summed E-state index contributed by atoms with van der Waals surface area (Å²) in [5.74, 6) is 2.34. The molecule has 0 saturated carbocycles. The Kier molecular flexibility index (Phi) is 4.23. The van der Waals surface area contributed by atoms with Gasteiger partial charge in [0.05, 0.1) is 14.2 Å². The monoisotopic (exact) mass is 315 g/mol. The van der Waals surface area contributed by atoms with Gasteiger partial charge in [-0.3, -0.25) is 4.79 Å². The van der Waals surface area contributed by atoms with Crippen LogP contribution in [0.1, 0.15) is 15.9 Å². The zero-order chi connectivity index (χ0) is 16.2. The van der Waals surface area contributed by atoms with E-state index in [4.69, 9.17) is 18.9 Å². The first kappa shape index (κ1) is 15.0. The Bertz CT molecular complexity index is 729. The van der Waals surface area contributed by atoms with Gasteiger partial charge in [0.15, 0.2) is 23.0 Å².